The van der Waals surface area contributed by atoms with Gasteiger partial charge in [-0.15, -0.1) is 5.06 Å². The minimum Gasteiger partial charge on any atom is -0.494 e. The summed E-state index contributed by atoms with van der Waals surface area (Å²) in [5, 5.41) is 1.32. The molecule has 0 aromatic heterocycles. The van der Waals surface area contributed by atoms with E-state index in [9.17, 15) is 22.4 Å². The van der Waals surface area contributed by atoms with E-state index in [0.29, 0.717) is 32.0 Å². The minimum atomic E-state index is -0.954. The molecule has 4 aromatic carbocycles. The quantitative estimate of drug-likeness (QED) is 0.0685. The van der Waals surface area contributed by atoms with Crippen LogP contribution in [0.2, 0.25) is 0 Å². The summed E-state index contributed by atoms with van der Waals surface area (Å²) in [5.74, 6) is -2.93. The summed E-state index contributed by atoms with van der Waals surface area (Å²) in [6, 6.07) is 23.6. The molecular formula is C40H43F4NO7. The molecule has 1 fully saturated rings. The predicted octanol–water partition coefficient (Wildman–Crippen LogP) is 8.67. The number of nitrogens with zero attached hydrogens (tertiary/aromatic N) is 1. The molecule has 1 aliphatic rings. The van der Waals surface area contributed by atoms with E-state index in [2.05, 4.69) is 0 Å². The third kappa shape index (κ3) is 11.8. The third-order valence-corrected chi connectivity index (χ3v) is 8.18. The molecule has 1 heterocycles. The third-order valence-electron chi connectivity index (χ3n) is 8.18. The lowest BCUT2D eigenvalue weighted by atomic mass is 9.85. The van der Waals surface area contributed by atoms with Crippen molar-refractivity contribution in [3.8, 4) is 5.75 Å². The van der Waals surface area contributed by atoms with Crippen LogP contribution >= 0.6 is 0 Å². The second-order valence-electron chi connectivity index (χ2n) is 13.4. The Morgan fingerprint density at radius 2 is 1.31 bits per heavy atom. The summed E-state index contributed by atoms with van der Waals surface area (Å²) in [4.78, 5) is 18.2. The van der Waals surface area contributed by atoms with Crippen molar-refractivity contribution in [2.75, 3.05) is 26.3 Å². The van der Waals surface area contributed by atoms with Gasteiger partial charge in [-0.05, 0) is 56.2 Å². The highest BCUT2D eigenvalue weighted by Gasteiger charge is 2.42. The number of rotatable bonds is 15. The van der Waals surface area contributed by atoms with Crippen molar-refractivity contribution in [1.82, 2.24) is 5.06 Å². The van der Waals surface area contributed by atoms with Gasteiger partial charge in [-0.3, -0.25) is 0 Å². The minimum absolute atomic E-state index is 0.0265. The largest absolute Gasteiger partial charge is 0.528 e. The lowest BCUT2D eigenvalue weighted by Crippen LogP contribution is -2.53. The molecule has 0 radical (unpaired) electrons. The van der Waals surface area contributed by atoms with Crippen LogP contribution in [-0.2, 0) is 43.6 Å². The summed E-state index contributed by atoms with van der Waals surface area (Å²) in [7, 11) is 0. The van der Waals surface area contributed by atoms with Crippen LogP contribution in [0.4, 0.5) is 22.4 Å². The van der Waals surface area contributed by atoms with Crippen LogP contribution < -0.4 is 4.74 Å². The Kier molecular flexibility index (Phi) is 13.6. The highest BCUT2D eigenvalue weighted by Crippen LogP contribution is 2.35. The first-order valence-electron chi connectivity index (χ1n) is 17.0. The van der Waals surface area contributed by atoms with Crippen LogP contribution in [0.25, 0.3) is 0 Å². The van der Waals surface area contributed by atoms with Crippen LogP contribution in [0.1, 0.15) is 55.4 Å². The Morgan fingerprint density at radius 1 is 0.731 bits per heavy atom. The zero-order valence-corrected chi connectivity index (χ0v) is 29.4. The molecule has 0 aliphatic carbocycles. The van der Waals surface area contributed by atoms with Gasteiger partial charge in [0, 0.05) is 35.6 Å². The average molecular weight is 726 g/mol. The molecule has 278 valence electrons. The number of carbonyl (C=O) groups excluding carboxylic acids is 1. The standard InChI is InChI=1S/C40H43F4NO7/c1-40(2,3)51-39(46)52-45-22-36(49-25-29-10-14-31(41)20-34(29)43)38(37(23-45)50-26-30-11-15-32(42)21-35(30)44)28-12-16-33(17-13-28)48-19-7-18-47-24-27-8-5-4-6-9-27/h4-6,8-17,20-21,36-38H,7,18-19,22-26H2,1-3H3/t36-,37+,38?. The normalized spacial score (nSPS) is 17.9. The topological polar surface area (TPSA) is 75.7 Å². The van der Waals surface area contributed by atoms with E-state index in [1.165, 1.54) is 17.2 Å². The van der Waals surface area contributed by atoms with Gasteiger partial charge in [0.1, 0.15) is 34.6 Å². The summed E-state index contributed by atoms with van der Waals surface area (Å²) >= 11 is 0. The maximum atomic E-state index is 14.7. The molecular weight excluding hydrogens is 682 g/mol. The van der Waals surface area contributed by atoms with E-state index in [4.69, 9.17) is 28.5 Å². The van der Waals surface area contributed by atoms with Crippen molar-refractivity contribution in [1.29, 1.82) is 0 Å². The van der Waals surface area contributed by atoms with E-state index in [0.717, 1.165) is 35.4 Å². The van der Waals surface area contributed by atoms with Crippen molar-refractivity contribution >= 4 is 6.16 Å². The van der Waals surface area contributed by atoms with Gasteiger partial charge >= 0.3 is 6.16 Å². The number of hydrogen-bond donors (Lipinski definition) is 0. The van der Waals surface area contributed by atoms with Crippen molar-refractivity contribution in [2.24, 2.45) is 0 Å². The molecule has 52 heavy (non-hydrogen) atoms. The molecule has 0 spiro atoms. The number of hydrogen-bond acceptors (Lipinski definition) is 8. The van der Waals surface area contributed by atoms with E-state index < -0.39 is 53.2 Å². The summed E-state index contributed by atoms with van der Waals surface area (Å²) < 4.78 is 86.2. The number of benzene rings is 4. The van der Waals surface area contributed by atoms with Crippen LogP contribution in [0.3, 0.4) is 0 Å². The average Bonchev–Trinajstić information content (AvgIpc) is 3.09. The summed E-state index contributed by atoms with van der Waals surface area (Å²) in [6.45, 7) is 6.14. The first-order chi connectivity index (χ1) is 24.9. The molecule has 5 rings (SSSR count). The molecule has 1 saturated heterocycles. The Bertz CT molecular complexity index is 1670. The zero-order chi connectivity index (χ0) is 37.1. The van der Waals surface area contributed by atoms with Gasteiger partial charge in [-0.25, -0.2) is 22.4 Å². The Labute approximate surface area is 301 Å². The van der Waals surface area contributed by atoms with Crippen LogP contribution in [-0.4, -0.2) is 55.3 Å². The van der Waals surface area contributed by atoms with Crippen molar-refractivity contribution in [2.45, 2.75) is 70.7 Å². The maximum Gasteiger partial charge on any atom is 0.528 e. The van der Waals surface area contributed by atoms with Gasteiger partial charge in [-0.2, -0.15) is 0 Å². The van der Waals surface area contributed by atoms with Crippen molar-refractivity contribution in [3.05, 3.63) is 137 Å². The molecule has 0 amide bonds. The van der Waals surface area contributed by atoms with Crippen LogP contribution in [0.5, 0.6) is 5.75 Å². The van der Waals surface area contributed by atoms with Crippen molar-refractivity contribution < 1.29 is 50.9 Å². The molecule has 0 bridgehead atoms. The second kappa shape index (κ2) is 18.3. The smallest absolute Gasteiger partial charge is 0.494 e. The predicted molar refractivity (Wildman–Crippen MR) is 184 cm³/mol. The monoisotopic (exact) mass is 725 g/mol. The van der Waals surface area contributed by atoms with Crippen LogP contribution in [0.15, 0.2) is 91.0 Å². The fraction of sp³-hybridized carbons (Fsp3) is 0.375. The molecule has 1 aliphatic heterocycles. The molecule has 0 N–H and O–H groups in total. The molecule has 1 unspecified atom stereocenters. The molecule has 4 aromatic rings. The number of ether oxygens (including phenoxy) is 5. The summed E-state index contributed by atoms with van der Waals surface area (Å²) in [6.07, 6.45) is -1.84. The first-order valence-corrected chi connectivity index (χ1v) is 17.0. The van der Waals surface area contributed by atoms with Gasteiger partial charge < -0.3 is 28.5 Å². The van der Waals surface area contributed by atoms with Gasteiger partial charge in [0.15, 0.2) is 0 Å². The lowest BCUT2D eigenvalue weighted by Gasteiger charge is -2.42. The number of piperidine rings is 1. The SMILES string of the molecule is CC(C)(C)OC(=O)ON1C[C@H](OCc2ccc(F)cc2F)C(c2ccc(OCCCOCc3ccccc3)cc2)[C@H](OCc2ccc(F)cc2F)C1. The molecule has 3 atom stereocenters. The lowest BCUT2D eigenvalue weighted by molar-refractivity contribution is -0.209. The van der Waals surface area contributed by atoms with Gasteiger partial charge in [0.05, 0.1) is 58.3 Å². The number of carbonyl (C=O) groups is 1. The fourth-order valence-electron chi connectivity index (χ4n) is 5.71. The number of hydroxylamine groups is 2. The Hall–Kier alpha value is -4.49. The fourth-order valence-corrected chi connectivity index (χ4v) is 5.71. The maximum absolute atomic E-state index is 14.7. The van der Waals surface area contributed by atoms with Gasteiger partial charge in [0.25, 0.3) is 0 Å². The Balaban J connectivity index is 1.33. The molecule has 8 nitrogen and oxygen atoms in total. The van der Waals surface area contributed by atoms with E-state index >= 15 is 0 Å². The molecule has 0 saturated carbocycles. The zero-order valence-electron chi connectivity index (χ0n) is 29.4. The summed E-state index contributed by atoms with van der Waals surface area (Å²) in [5.41, 5.74) is 1.25. The second-order valence-corrected chi connectivity index (χ2v) is 13.4. The molecule has 12 heteroatoms. The van der Waals surface area contributed by atoms with E-state index in [-0.39, 0.29) is 37.4 Å². The van der Waals surface area contributed by atoms with Gasteiger partial charge in [-0.1, -0.05) is 54.6 Å². The Morgan fingerprint density at radius 3 is 1.85 bits per heavy atom. The highest BCUT2D eigenvalue weighted by atomic mass is 19.1. The van der Waals surface area contributed by atoms with E-state index in [1.807, 2.05) is 42.5 Å². The van der Waals surface area contributed by atoms with Crippen molar-refractivity contribution in [3.63, 3.8) is 0 Å². The highest BCUT2D eigenvalue weighted by molar-refractivity contribution is 5.60. The van der Waals surface area contributed by atoms with Crippen LogP contribution in [0, 0.1) is 23.3 Å². The van der Waals surface area contributed by atoms with Gasteiger partial charge in [0.2, 0.25) is 0 Å². The number of halogens is 4. The first kappa shape index (κ1) is 38.7. The van der Waals surface area contributed by atoms with E-state index in [1.54, 1.807) is 32.9 Å².